The molecule has 1 aromatic carbocycles. The molecule has 0 aliphatic carbocycles. The van der Waals surface area contributed by atoms with Crippen LogP contribution in [0.15, 0.2) is 31.9 Å². The van der Waals surface area contributed by atoms with E-state index in [-0.39, 0.29) is 5.63 Å². The molecule has 0 atom stereocenters. The number of nitrogens with zero attached hydrogens (tertiary/aromatic N) is 1. The second kappa shape index (κ2) is 4.77. The summed E-state index contributed by atoms with van der Waals surface area (Å²) in [6.07, 6.45) is 0. The van der Waals surface area contributed by atoms with E-state index in [0.29, 0.717) is 22.7 Å². The van der Waals surface area contributed by atoms with E-state index in [1.807, 2.05) is 26.0 Å². The number of aromatic nitrogens is 1. The van der Waals surface area contributed by atoms with Gasteiger partial charge < -0.3 is 13.7 Å². The van der Waals surface area contributed by atoms with Gasteiger partial charge in [-0.2, -0.15) is 0 Å². The molecule has 5 nitrogen and oxygen atoms in total. The molecule has 21 heavy (non-hydrogen) atoms. The number of benzene rings is 1. The summed E-state index contributed by atoms with van der Waals surface area (Å²) in [7, 11) is 1.59. The minimum absolute atomic E-state index is 0.340. The summed E-state index contributed by atoms with van der Waals surface area (Å²) >= 11 is 0. The van der Waals surface area contributed by atoms with Crippen LogP contribution >= 0.6 is 0 Å². The molecule has 0 spiro atoms. The minimum atomic E-state index is -0.340. The first-order valence-electron chi connectivity index (χ1n) is 6.57. The maximum Gasteiger partial charge on any atom is 0.339 e. The van der Waals surface area contributed by atoms with Gasteiger partial charge in [0.2, 0.25) is 0 Å². The first-order valence-corrected chi connectivity index (χ1v) is 6.57. The third-order valence-electron chi connectivity index (χ3n) is 3.64. The molecule has 0 amide bonds. The Kier molecular flexibility index (Phi) is 3.05. The van der Waals surface area contributed by atoms with E-state index in [2.05, 4.69) is 5.16 Å². The monoisotopic (exact) mass is 285 g/mol. The number of hydrogen-bond donors (Lipinski definition) is 0. The fraction of sp³-hybridized carbons (Fsp3) is 0.250. The summed E-state index contributed by atoms with van der Waals surface area (Å²) < 4.78 is 16.1. The van der Waals surface area contributed by atoms with Crippen molar-refractivity contribution in [2.45, 2.75) is 20.8 Å². The van der Waals surface area contributed by atoms with Gasteiger partial charge >= 0.3 is 5.63 Å². The van der Waals surface area contributed by atoms with Gasteiger partial charge in [0.25, 0.3) is 0 Å². The summed E-state index contributed by atoms with van der Waals surface area (Å²) in [5, 5.41) is 4.67. The molecule has 0 radical (unpaired) electrons. The maximum atomic E-state index is 11.9. The number of rotatable bonds is 2. The molecule has 0 saturated heterocycles. The Morgan fingerprint density at radius 1 is 1.10 bits per heavy atom. The standard InChI is InChI=1S/C16H15NO4/c1-8-5-12(21-17-8)11-6-13(19-4)15-9(2)10(3)16(18)20-14(15)7-11/h5-7H,1-4H3. The van der Waals surface area contributed by atoms with Crippen molar-refractivity contribution in [3.63, 3.8) is 0 Å². The Hall–Kier alpha value is -2.56. The molecule has 0 aliphatic rings. The van der Waals surface area contributed by atoms with Crippen LogP contribution in [0, 0.1) is 20.8 Å². The molecule has 0 unspecified atom stereocenters. The van der Waals surface area contributed by atoms with Crippen LogP contribution in [0.1, 0.15) is 16.8 Å². The molecule has 0 saturated carbocycles. The lowest BCUT2D eigenvalue weighted by atomic mass is 10.0. The minimum Gasteiger partial charge on any atom is -0.496 e. The third-order valence-corrected chi connectivity index (χ3v) is 3.64. The Morgan fingerprint density at radius 2 is 1.86 bits per heavy atom. The van der Waals surface area contributed by atoms with Gasteiger partial charge in [0.15, 0.2) is 5.76 Å². The van der Waals surface area contributed by atoms with Crippen LogP contribution in [0.2, 0.25) is 0 Å². The average molecular weight is 285 g/mol. The molecule has 0 aliphatic heterocycles. The molecule has 5 heteroatoms. The summed E-state index contributed by atoms with van der Waals surface area (Å²) in [6, 6.07) is 5.44. The first kappa shape index (κ1) is 13.4. The van der Waals surface area contributed by atoms with E-state index >= 15 is 0 Å². The van der Waals surface area contributed by atoms with Crippen molar-refractivity contribution in [3.05, 3.63) is 45.4 Å². The van der Waals surface area contributed by atoms with Crippen molar-refractivity contribution in [2.24, 2.45) is 0 Å². The lowest BCUT2D eigenvalue weighted by Gasteiger charge is -2.10. The average Bonchev–Trinajstić information content (AvgIpc) is 2.90. The lowest BCUT2D eigenvalue weighted by molar-refractivity contribution is 0.415. The zero-order chi connectivity index (χ0) is 15.1. The van der Waals surface area contributed by atoms with E-state index in [1.165, 1.54) is 0 Å². The second-order valence-corrected chi connectivity index (χ2v) is 5.02. The van der Waals surface area contributed by atoms with Gasteiger partial charge in [-0.1, -0.05) is 5.16 Å². The van der Waals surface area contributed by atoms with E-state index in [4.69, 9.17) is 13.7 Å². The van der Waals surface area contributed by atoms with Gasteiger partial charge in [-0.15, -0.1) is 0 Å². The largest absolute Gasteiger partial charge is 0.496 e. The van der Waals surface area contributed by atoms with Crippen molar-refractivity contribution in [1.82, 2.24) is 5.16 Å². The van der Waals surface area contributed by atoms with Crippen LogP contribution in [0.5, 0.6) is 5.75 Å². The van der Waals surface area contributed by atoms with Gasteiger partial charge in [0.1, 0.15) is 11.3 Å². The van der Waals surface area contributed by atoms with Gasteiger partial charge in [0, 0.05) is 17.2 Å². The van der Waals surface area contributed by atoms with Crippen molar-refractivity contribution in [2.75, 3.05) is 7.11 Å². The van der Waals surface area contributed by atoms with Crippen molar-refractivity contribution in [1.29, 1.82) is 0 Å². The number of methoxy groups -OCH3 is 1. The zero-order valence-corrected chi connectivity index (χ0v) is 12.3. The number of fused-ring (bicyclic) bond motifs is 1. The predicted molar refractivity (Wildman–Crippen MR) is 78.7 cm³/mol. The molecular weight excluding hydrogens is 270 g/mol. The quantitative estimate of drug-likeness (QED) is 0.675. The molecule has 108 valence electrons. The maximum absolute atomic E-state index is 11.9. The normalized spacial score (nSPS) is 11.0. The SMILES string of the molecule is COc1cc(-c2cc(C)no2)cc2oc(=O)c(C)c(C)c12. The number of hydrogen-bond acceptors (Lipinski definition) is 5. The molecule has 3 rings (SSSR count). The van der Waals surface area contributed by atoms with Crippen LogP contribution in [0.4, 0.5) is 0 Å². The van der Waals surface area contributed by atoms with Gasteiger partial charge in [-0.25, -0.2) is 4.79 Å². The number of ether oxygens (including phenoxy) is 1. The molecule has 0 N–H and O–H groups in total. The molecule has 3 aromatic rings. The van der Waals surface area contributed by atoms with Crippen molar-refractivity contribution >= 4 is 11.0 Å². The van der Waals surface area contributed by atoms with E-state index in [1.54, 1.807) is 20.1 Å². The highest BCUT2D eigenvalue weighted by molar-refractivity contribution is 5.91. The van der Waals surface area contributed by atoms with Crippen LogP contribution in [-0.4, -0.2) is 12.3 Å². The zero-order valence-electron chi connectivity index (χ0n) is 12.3. The fourth-order valence-electron chi connectivity index (χ4n) is 2.36. The van der Waals surface area contributed by atoms with Crippen LogP contribution in [0.25, 0.3) is 22.3 Å². The third kappa shape index (κ3) is 2.11. The van der Waals surface area contributed by atoms with E-state index in [0.717, 1.165) is 22.2 Å². The van der Waals surface area contributed by atoms with Gasteiger partial charge in [0.05, 0.1) is 18.2 Å². The smallest absolute Gasteiger partial charge is 0.339 e. The predicted octanol–water partition coefficient (Wildman–Crippen LogP) is 3.38. The van der Waals surface area contributed by atoms with Gasteiger partial charge in [-0.3, -0.25) is 0 Å². The van der Waals surface area contributed by atoms with Crippen LogP contribution in [-0.2, 0) is 0 Å². The van der Waals surface area contributed by atoms with Gasteiger partial charge in [-0.05, 0) is 38.5 Å². The molecule has 2 heterocycles. The Balaban J connectivity index is 2.37. The first-order chi connectivity index (χ1) is 10.0. The Morgan fingerprint density at radius 3 is 2.48 bits per heavy atom. The summed E-state index contributed by atoms with van der Waals surface area (Å²) in [6.45, 7) is 5.47. The molecule has 0 fully saturated rings. The highest BCUT2D eigenvalue weighted by Gasteiger charge is 2.16. The van der Waals surface area contributed by atoms with E-state index in [9.17, 15) is 4.79 Å². The lowest BCUT2D eigenvalue weighted by Crippen LogP contribution is -2.06. The summed E-state index contributed by atoms with van der Waals surface area (Å²) in [5.41, 5.74) is 3.12. The fourth-order valence-corrected chi connectivity index (χ4v) is 2.36. The number of aryl methyl sites for hydroxylation is 2. The van der Waals surface area contributed by atoms with Crippen LogP contribution < -0.4 is 10.4 Å². The topological polar surface area (TPSA) is 65.5 Å². The summed E-state index contributed by atoms with van der Waals surface area (Å²) in [4.78, 5) is 11.9. The summed E-state index contributed by atoms with van der Waals surface area (Å²) in [5.74, 6) is 1.24. The Bertz CT molecular complexity index is 889. The Labute approximate surface area is 121 Å². The molecule has 0 bridgehead atoms. The second-order valence-electron chi connectivity index (χ2n) is 5.02. The molecular formula is C16H15NO4. The molecule has 2 aromatic heterocycles. The highest BCUT2D eigenvalue weighted by Crippen LogP contribution is 2.34. The van der Waals surface area contributed by atoms with Crippen molar-refractivity contribution in [3.8, 4) is 17.1 Å². The van der Waals surface area contributed by atoms with E-state index < -0.39 is 0 Å². The van der Waals surface area contributed by atoms with Crippen LogP contribution in [0.3, 0.4) is 0 Å². The highest BCUT2D eigenvalue weighted by atomic mass is 16.5. The van der Waals surface area contributed by atoms with Crippen molar-refractivity contribution < 1.29 is 13.7 Å².